The first-order valence-electron chi connectivity index (χ1n) is 8.44. The third kappa shape index (κ3) is 9.94. The minimum atomic E-state index is -0.571. The van der Waals surface area contributed by atoms with Crippen molar-refractivity contribution in [2.45, 2.75) is 65.2 Å². The fraction of sp³-hybridized carbons (Fsp3) is 0.632. The van der Waals surface area contributed by atoms with Crippen molar-refractivity contribution in [3.05, 3.63) is 29.8 Å². The number of benzene rings is 1. The van der Waals surface area contributed by atoms with Crippen LogP contribution in [0.4, 0.5) is 4.79 Å². The van der Waals surface area contributed by atoms with Crippen LogP contribution in [0.3, 0.4) is 0 Å². The van der Waals surface area contributed by atoms with Crippen molar-refractivity contribution in [3.63, 3.8) is 0 Å². The van der Waals surface area contributed by atoms with Gasteiger partial charge in [0.25, 0.3) is 0 Å². The summed E-state index contributed by atoms with van der Waals surface area (Å²) in [5, 5.41) is 11.6. The predicted molar refractivity (Wildman–Crippen MR) is 96.7 cm³/mol. The largest absolute Gasteiger partial charge is 0.488 e. The van der Waals surface area contributed by atoms with Crippen LogP contribution in [0.1, 0.15) is 47.1 Å². The Balaban J connectivity index is 2.69. The second kappa shape index (κ2) is 9.06. The highest BCUT2D eigenvalue weighted by atomic mass is 16.6. The van der Waals surface area contributed by atoms with Gasteiger partial charge < -0.3 is 24.6 Å². The summed E-state index contributed by atoms with van der Waals surface area (Å²) in [5.74, 6) is 0.791. The molecule has 1 aromatic rings. The SMILES string of the molecule is CC(C)(C)OC(=O)NC(COCO)Cc1ccc(OC(C)(C)C)cc1. The molecule has 1 unspecified atom stereocenters. The molecular formula is C19H31NO5. The average Bonchev–Trinajstić information content (AvgIpc) is 2.43. The number of carbonyl (C=O) groups excluding carboxylic acids is 1. The number of hydrogen-bond acceptors (Lipinski definition) is 5. The number of aliphatic hydroxyl groups excluding tert-OH is 1. The summed E-state index contributed by atoms with van der Waals surface area (Å²) in [4.78, 5) is 12.0. The highest BCUT2D eigenvalue weighted by Crippen LogP contribution is 2.19. The van der Waals surface area contributed by atoms with Gasteiger partial charge in [-0.3, -0.25) is 0 Å². The Hall–Kier alpha value is -1.79. The van der Waals surface area contributed by atoms with Crippen molar-refractivity contribution in [1.29, 1.82) is 0 Å². The molecule has 0 aliphatic heterocycles. The van der Waals surface area contributed by atoms with Crippen LogP contribution in [0.5, 0.6) is 5.75 Å². The number of ether oxygens (including phenoxy) is 3. The monoisotopic (exact) mass is 353 g/mol. The number of alkyl carbamates (subject to hydrolysis) is 1. The molecule has 6 nitrogen and oxygen atoms in total. The maximum absolute atomic E-state index is 12.0. The fourth-order valence-electron chi connectivity index (χ4n) is 2.15. The van der Waals surface area contributed by atoms with Crippen molar-refractivity contribution in [2.75, 3.05) is 13.4 Å². The molecule has 0 saturated carbocycles. The van der Waals surface area contributed by atoms with E-state index in [1.807, 2.05) is 45.0 Å². The van der Waals surface area contributed by atoms with Crippen LogP contribution in [0.2, 0.25) is 0 Å². The Labute approximate surface area is 150 Å². The molecule has 0 bridgehead atoms. The number of rotatable bonds is 7. The smallest absolute Gasteiger partial charge is 0.407 e. The van der Waals surface area contributed by atoms with Crippen LogP contribution in [0.15, 0.2) is 24.3 Å². The zero-order valence-corrected chi connectivity index (χ0v) is 16.1. The number of amides is 1. The standard InChI is InChI=1S/C19H31NO5/c1-18(2,3)24-16-9-7-14(8-10-16)11-15(12-23-13-21)20-17(22)25-19(4,5)6/h7-10,15,21H,11-13H2,1-6H3,(H,20,22). The van der Waals surface area contributed by atoms with E-state index in [1.54, 1.807) is 20.8 Å². The Bertz CT molecular complexity index is 528. The second-order valence-corrected chi connectivity index (χ2v) is 7.91. The maximum atomic E-state index is 12.0. The number of aliphatic hydroxyl groups is 1. The number of hydrogen-bond donors (Lipinski definition) is 2. The molecule has 0 radical (unpaired) electrons. The van der Waals surface area contributed by atoms with Gasteiger partial charge in [0.1, 0.15) is 23.7 Å². The molecule has 0 aliphatic rings. The van der Waals surface area contributed by atoms with Gasteiger partial charge in [-0.25, -0.2) is 4.79 Å². The first kappa shape index (κ1) is 21.3. The molecule has 0 heterocycles. The van der Waals surface area contributed by atoms with E-state index >= 15 is 0 Å². The fourth-order valence-corrected chi connectivity index (χ4v) is 2.15. The lowest BCUT2D eigenvalue weighted by molar-refractivity contribution is -0.0133. The van der Waals surface area contributed by atoms with E-state index < -0.39 is 18.5 Å². The molecule has 1 rings (SSSR count). The van der Waals surface area contributed by atoms with Crippen molar-refractivity contribution in [1.82, 2.24) is 5.32 Å². The highest BCUT2D eigenvalue weighted by Gasteiger charge is 2.20. The van der Waals surface area contributed by atoms with E-state index in [0.29, 0.717) is 6.42 Å². The number of carbonyl (C=O) groups is 1. The maximum Gasteiger partial charge on any atom is 0.407 e. The minimum absolute atomic E-state index is 0.190. The van der Waals surface area contributed by atoms with Crippen molar-refractivity contribution < 1.29 is 24.1 Å². The van der Waals surface area contributed by atoms with Crippen LogP contribution in [-0.2, 0) is 15.9 Å². The van der Waals surface area contributed by atoms with Gasteiger partial charge >= 0.3 is 6.09 Å². The summed E-state index contributed by atoms with van der Waals surface area (Å²) in [7, 11) is 0. The van der Waals surface area contributed by atoms with Gasteiger partial charge in [-0.2, -0.15) is 0 Å². The third-order valence-electron chi connectivity index (χ3n) is 2.96. The molecule has 0 aromatic heterocycles. The number of nitrogens with one attached hydrogen (secondary N) is 1. The second-order valence-electron chi connectivity index (χ2n) is 7.91. The molecule has 0 aliphatic carbocycles. The summed E-state index contributed by atoms with van der Waals surface area (Å²) in [6.45, 7) is 11.2. The van der Waals surface area contributed by atoms with E-state index in [9.17, 15) is 4.79 Å². The van der Waals surface area contributed by atoms with Crippen LogP contribution in [-0.4, -0.2) is 41.8 Å². The normalized spacial score (nSPS) is 13.2. The first-order chi connectivity index (χ1) is 11.5. The van der Waals surface area contributed by atoms with Crippen LogP contribution in [0.25, 0.3) is 0 Å². The quantitative estimate of drug-likeness (QED) is 0.736. The highest BCUT2D eigenvalue weighted by molar-refractivity contribution is 5.68. The van der Waals surface area contributed by atoms with E-state index in [1.165, 1.54) is 0 Å². The summed E-state index contributed by atoms with van der Waals surface area (Å²) in [6.07, 6.45) is 0.0430. The summed E-state index contributed by atoms with van der Waals surface area (Å²) < 4.78 is 16.1. The minimum Gasteiger partial charge on any atom is -0.488 e. The molecule has 1 atom stereocenters. The van der Waals surface area contributed by atoms with E-state index in [2.05, 4.69) is 5.32 Å². The van der Waals surface area contributed by atoms with Crippen LogP contribution >= 0.6 is 0 Å². The lowest BCUT2D eigenvalue weighted by Crippen LogP contribution is -2.42. The molecule has 0 saturated heterocycles. The van der Waals surface area contributed by atoms with Crippen molar-refractivity contribution in [2.24, 2.45) is 0 Å². The molecule has 2 N–H and O–H groups in total. The van der Waals surface area contributed by atoms with Crippen LogP contribution < -0.4 is 10.1 Å². The van der Waals surface area contributed by atoms with Crippen molar-refractivity contribution in [3.8, 4) is 5.75 Å². The Morgan fingerprint density at radius 2 is 1.68 bits per heavy atom. The van der Waals surface area contributed by atoms with Gasteiger partial charge in [0.05, 0.1) is 12.6 Å². The molecule has 6 heteroatoms. The zero-order chi connectivity index (χ0) is 19.1. The van der Waals surface area contributed by atoms with E-state index in [0.717, 1.165) is 11.3 Å². The third-order valence-corrected chi connectivity index (χ3v) is 2.96. The van der Waals surface area contributed by atoms with Gasteiger partial charge in [-0.05, 0) is 65.7 Å². The molecule has 142 valence electrons. The molecular weight excluding hydrogens is 322 g/mol. The Morgan fingerprint density at radius 1 is 1.08 bits per heavy atom. The summed E-state index contributed by atoms with van der Waals surface area (Å²) >= 11 is 0. The lowest BCUT2D eigenvalue weighted by Gasteiger charge is -2.24. The first-order valence-corrected chi connectivity index (χ1v) is 8.44. The topological polar surface area (TPSA) is 77.0 Å². The average molecular weight is 353 g/mol. The van der Waals surface area contributed by atoms with Gasteiger partial charge in [-0.15, -0.1) is 0 Å². The summed E-state index contributed by atoms with van der Waals surface area (Å²) in [5.41, 5.74) is 0.194. The van der Waals surface area contributed by atoms with Gasteiger partial charge in [-0.1, -0.05) is 12.1 Å². The Morgan fingerprint density at radius 3 is 2.16 bits per heavy atom. The zero-order valence-electron chi connectivity index (χ0n) is 16.1. The molecule has 1 aromatic carbocycles. The molecule has 0 fully saturated rings. The van der Waals surface area contributed by atoms with Gasteiger partial charge in [0, 0.05) is 0 Å². The Kier molecular flexibility index (Phi) is 7.70. The predicted octanol–water partition coefficient (Wildman–Crippen LogP) is 3.27. The van der Waals surface area contributed by atoms with Gasteiger partial charge in [0.2, 0.25) is 0 Å². The van der Waals surface area contributed by atoms with E-state index in [-0.39, 0.29) is 18.2 Å². The molecule has 1 amide bonds. The van der Waals surface area contributed by atoms with E-state index in [4.69, 9.17) is 19.3 Å². The lowest BCUT2D eigenvalue weighted by atomic mass is 10.1. The van der Waals surface area contributed by atoms with Crippen molar-refractivity contribution >= 4 is 6.09 Å². The molecule has 25 heavy (non-hydrogen) atoms. The van der Waals surface area contributed by atoms with Gasteiger partial charge in [0.15, 0.2) is 0 Å². The molecule has 0 spiro atoms. The summed E-state index contributed by atoms with van der Waals surface area (Å²) in [6, 6.07) is 7.39. The van der Waals surface area contributed by atoms with Crippen LogP contribution in [0, 0.1) is 0 Å².